The summed E-state index contributed by atoms with van der Waals surface area (Å²) < 4.78 is 2.03. The lowest BCUT2D eigenvalue weighted by Crippen LogP contribution is -2.32. The van der Waals surface area contributed by atoms with Crippen LogP contribution in [-0.2, 0) is 11.3 Å². The SMILES string of the molecule is O=C1CCC(CNc2cnn(CC3CC3)c(=O)c2Br)N1. The fourth-order valence-corrected chi connectivity index (χ4v) is 2.77. The van der Waals surface area contributed by atoms with Crippen molar-refractivity contribution in [2.45, 2.75) is 38.3 Å². The molecule has 108 valence electrons. The second kappa shape index (κ2) is 5.55. The van der Waals surface area contributed by atoms with E-state index < -0.39 is 0 Å². The van der Waals surface area contributed by atoms with Crippen molar-refractivity contribution < 1.29 is 4.79 Å². The summed E-state index contributed by atoms with van der Waals surface area (Å²) >= 11 is 3.34. The lowest BCUT2D eigenvalue weighted by Gasteiger charge is -2.14. The van der Waals surface area contributed by atoms with E-state index in [4.69, 9.17) is 0 Å². The molecule has 1 saturated heterocycles. The molecule has 0 bridgehead atoms. The number of anilines is 1. The average Bonchev–Trinajstić information content (AvgIpc) is 3.15. The minimum Gasteiger partial charge on any atom is -0.381 e. The van der Waals surface area contributed by atoms with Gasteiger partial charge in [-0.1, -0.05) is 0 Å². The van der Waals surface area contributed by atoms with Crippen molar-refractivity contribution in [3.8, 4) is 0 Å². The van der Waals surface area contributed by atoms with Crippen LogP contribution in [0.25, 0.3) is 0 Å². The van der Waals surface area contributed by atoms with E-state index in [2.05, 4.69) is 31.7 Å². The molecule has 0 spiro atoms. The topological polar surface area (TPSA) is 76.0 Å². The molecule has 1 amide bonds. The van der Waals surface area contributed by atoms with Crippen molar-refractivity contribution in [3.63, 3.8) is 0 Å². The molecule has 6 nitrogen and oxygen atoms in total. The quantitative estimate of drug-likeness (QED) is 0.841. The molecule has 2 heterocycles. The van der Waals surface area contributed by atoms with Crippen LogP contribution in [-0.4, -0.2) is 28.3 Å². The largest absolute Gasteiger partial charge is 0.381 e. The van der Waals surface area contributed by atoms with Gasteiger partial charge in [0, 0.05) is 25.6 Å². The molecule has 1 unspecified atom stereocenters. The van der Waals surface area contributed by atoms with Crippen LogP contribution in [0.3, 0.4) is 0 Å². The first-order valence-corrected chi connectivity index (χ1v) is 7.71. The number of hydrogen-bond acceptors (Lipinski definition) is 4. The van der Waals surface area contributed by atoms with Gasteiger partial charge in [-0.25, -0.2) is 4.68 Å². The Bertz CT molecular complexity index is 582. The first-order valence-electron chi connectivity index (χ1n) is 6.92. The Balaban J connectivity index is 1.65. The van der Waals surface area contributed by atoms with Crippen molar-refractivity contribution >= 4 is 27.5 Å². The van der Waals surface area contributed by atoms with Crippen LogP contribution in [0.5, 0.6) is 0 Å². The van der Waals surface area contributed by atoms with E-state index in [-0.39, 0.29) is 17.5 Å². The van der Waals surface area contributed by atoms with E-state index in [0.717, 1.165) is 6.42 Å². The maximum atomic E-state index is 12.1. The van der Waals surface area contributed by atoms with Crippen molar-refractivity contribution in [1.29, 1.82) is 0 Å². The summed E-state index contributed by atoms with van der Waals surface area (Å²) in [7, 11) is 0. The van der Waals surface area contributed by atoms with Crippen LogP contribution in [0.1, 0.15) is 25.7 Å². The standard InChI is InChI=1S/C13H17BrN4O2/c14-12-10(15-5-9-3-4-11(19)17-9)6-16-18(13(12)20)7-8-1-2-8/h6,8-9,15H,1-5,7H2,(H,17,19). The highest BCUT2D eigenvalue weighted by Gasteiger charge is 2.24. The molecule has 2 aliphatic rings. The summed E-state index contributed by atoms with van der Waals surface area (Å²) in [6, 6.07) is 0.128. The molecule has 7 heteroatoms. The van der Waals surface area contributed by atoms with E-state index in [0.29, 0.717) is 35.6 Å². The van der Waals surface area contributed by atoms with Gasteiger partial charge in [-0.3, -0.25) is 9.59 Å². The van der Waals surface area contributed by atoms with Crippen molar-refractivity contribution in [3.05, 3.63) is 21.0 Å². The zero-order valence-electron chi connectivity index (χ0n) is 11.1. The van der Waals surface area contributed by atoms with Gasteiger partial charge in [0.1, 0.15) is 4.47 Å². The maximum Gasteiger partial charge on any atom is 0.283 e. The normalized spacial score (nSPS) is 21.9. The van der Waals surface area contributed by atoms with Gasteiger partial charge in [-0.2, -0.15) is 5.10 Å². The van der Waals surface area contributed by atoms with E-state index in [1.165, 1.54) is 17.5 Å². The molecule has 3 rings (SSSR count). The van der Waals surface area contributed by atoms with E-state index >= 15 is 0 Å². The molecule has 20 heavy (non-hydrogen) atoms. The molecule has 1 atom stereocenters. The van der Waals surface area contributed by atoms with Crippen LogP contribution in [0.2, 0.25) is 0 Å². The number of nitrogens with zero attached hydrogens (tertiary/aromatic N) is 2. The lowest BCUT2D eigenvalue weighted by molar-refractivity contribution is -0.119. The predicted octanol–water partition coefficient (Wildman–Crippen LogP) is 1.11. The first-order chi connectivity index (χ1) is 9.63. The molecule has 1 aliphatic heterocycles. The summed E-state index contributed by atoms with van der Waals surface area (Å²) in [6.45, 7) is 1.31. The number of rotatable bonds is 5. The second-order valence-electron chi connectivity index (χ2n) is 5.49. The van der Waals surface area contributed by atoms with Crippen LogP contribution in [0, 0.1) is 5.92 Å². The summed E-state index contributed by atoms with van der Waals surface area (Å²) in [4.78, 5) is 23.3. The number of nitrogens with one attached hydrogen (secondary N) is 2. The Morgan fingerprint density at radius 1 is 1.40 bits per heavy atom. The fraction of sp³-hybridized carbons (Fsp3) is 0.615. The molecule has 1 aromatic rings. The number of aromatic nitrogens is 2. The van der Waals surface area contributed by atoms with Gasteiger partial charge in [-0.15, -0.1) is 0 Å². The predicted molar refractivity (Wildman–Crippen MR) is 78.6 cm³/mol. The second-order valence-corrected chi connectivity index (χ2v) is 6.28. The maximum absolute atomic E-state index is 12.1. The smallest absolute Gasteiger partial charge is 0.283 e. The Kier molecular flexibility index (Phi) is 3.78. The molecule has 1 aromatic heterocycles. The summed E-state index contributed by atoms with van der Waals surface area (Å²) in [5, 5.41) is 10.3. The molecule has 1 aliphatic carbocycles. The average molecular weight is 341 g/mol. The van der Waals surface area contributed by atoms with Gasteiger partial charge in [-0.05, 0) is 41.1 Å². The van der Waals surface area contributed by atoms with Crippen LogP contribution in [0.15, 0.2) is 15.5 Å². The van der Waals surface area contributed by atoms with Gasteiger partial charge in [0.05, 0.1) is 11.9 Å². The van der Waals surface area contributed by atoms with Crippen LogP contribution >= 0.6 is 15.9 Å². The minimum absolute atomic E-state index is 0.0915. The Labute approximate surface area is 125 Å². The number of amides is 1. The zero-order chi connectivity index (χ0) is 14.1. The molecule has 1 saturated carbocycles. The fourth-order valence-electron chi connectivity index (χ4n) is 2.33. The monoisotopic (exact) mass is 340 g/mol. The number of hydrogen-bond donors (Lipinski definition) is 2. The van der Waals surface area contributed by atoms with Crippen LogP contribution < -0.4 is 16.2 Å². The highest BCUT2D eigenvalue weighted by atomic mass is 79.9. The number of carbonyl (C=O) groups is 1. The van der Waals surface area contributed by atoms with Crippen LogP contribution in [0.4, 0.5) is 5.69 Å². The Morgan fingerprint density at radius 2 is 2.20 bits per heavy atom. The van der Waals surface area contributed by atoms with Gasteiger partial charge in [0.2, 0.25) is 5.91 Å². The highest BCUT2D eigenvalue weighted by molar-refractivity contribution is 9.10. The van der Waals surface area contributed by atoms with Crippen molar-refractivity contribution in [1.82, 2.24) is 15.1 Å². The third-order valence-electron chi connectivity index (χ3n) is 3.74. The minimum atomic E-state index is -0.0997. The van der Waals surface area contributed by atoms with E-state index in [1.54, 1.807) is 6.20 Å². The van der Waals surface area contributed by atoms with E-state index in [1.807, 2.05) is 0 Å². The summed E-state index contributed by atoms with van der Waals surface area (Å²) in [5.74, 6) is 0.702. The Morgan fingerprint density at radius 3 is 2.85 bits per heavy atom. The van der Waals surface area contributed by atoms with E-state index in [9.17, 15) is 9.59 Å². The van der Waals surface area contributed by atoms with Gasteiger partial charge < -0.3 is 10.6 Å². The number of carbonyl (C=O) groups excluding carboxylic acids is 1. The van der Waals surface area contributed by atoms with Gasteiger partial charge >= 0.3 is 0 Å². The molecule has 2 fully saturated rings. The third kappa shape index (κ3) is 3.03. The summed E-state index contributed by atoms with van der Waals surface area (Å²) in [6.07, 6.45) is 5.45. The third-order valence-corrected chi connectivity index (χ3v) is 4.50. The van der Waals surface area contributed by atoms with Crippen molar-refractivity contribution in [2.24, 2.45) is 5.92 Å². The number of halogens is 1. The highest BCUT2D eigenvalue weighted by Crippen LogP contribution is 2.30. The molecule has 0 aromatic carbocycles. The van der Waals surface area contributed by atoms with Gasteiger partial charge in [0.15, 0.2) is 0 Å². The van der Waals surface area contributed by atoms with Gasteiger partial charge in [0.25, 0.3) is 5.56 Å². The zero-order valence-corrected chi connectivity index (χ0v) is 12.6. The molecule has 0 radical (unpaired) electrons. The first kappa shape index (κ1) is 13.6. The summed E-state index contributed by atoms with van der Waals surface area (Å²) in [5.41, 5.74) is 0.584. The van der Waals surface area contributed by atoms with Crippen molar-refractivity contribution in [2.75, 3.05) is 11.9 Å². The molecule has 2 N–H and O–H groups in total. The molecular weight excluding hydrogens is 324 g/mol. The Hall–Kier alpha value is -1.37. The lowest BCUT2D eigenvalue weighted by atomic mass is 10.2. The molecular formula is C13H17BrN4O2.